The Morgan fingerprint density at radius 3 is 0.847 bits per heavy atom. The molecule has 0 aromatic carbocycles. The van der Waals surface area contributed by atoms with Crippen LogP contribution in [0.5, 0.6) is 0 Å². The third-order valence-corrected chi connectivity index (χ3v) is 18.5. The van der Waals surface area contributed by atoms with Crippen LogP contribution in [0.3, 0.4) is 0 Å². The number of unbranched alkanes of at least 4 members (excludes halogenated alkanes) is 61. The third kappa shape index (κ3) is 71.3. The van der Waals surface area contributed by atoms with Crippen molar-refractivity contribution in [3.8, 4) is 0 Å². The monoisotopic (exact) mass is 1200 g/mol. The minimum atomic E-state index is -0.843. The summed E-state index contributed by atoms with van der Waals surface area (Å²) in [6, 6.07) is -0.626. The van der Waals surface area contributed by atoms with E-state index in [1.165, 1.54) is 372 Å². The molecule has 2 atom stereocenters. The Hall–Kier alpha value is -1.66. The average Bonchev–Trinajstić information content (AvgIpc) is 3.51. The van der Waals surface area contributed by atoms with Crippen molar-refractivity contribution in [2.24, 2.45) is 0 Å². The maximum Gasteiger partial charge on any atom is 0.305 e. The molecule has 0 saturated carbocycles. The molecule has 0 heterocycles. The van der Waals surface area contributed by atoms with E-state index in [1.807, 2.05) is 6.08 Å². The maximum atomic E-state index is 12.6. The second-order valence-electron chi connectivity index (χ2n) is 27.0. The first kappa shape index (κ1) is 83.3. The minimum absolute atomic E-state index is 0.0120. The molecule has 504 valence electrons. The standard InChI is InChI=1S/C79H153NO5/c1-3-5-7-9-11-13-15-17-18-19-20-21-22-32-35-38-41-44-48-51-55-59-63-67-71-77(82)76(75-81)80-78(83)72-68-64-60-56-52-49-45-42-39-36-33-30-28-26-24-23-25-27-29-31-34-37-40-43-46-50-54-58-62-66-70-74-85-79(84)73-69-65-61-57-53-47-16-14-12-10-8-6-4-2/h14,16,67,71,76-77,81-82H,3-13,15,17-66,68-70,72-75H2,1-2H3,(H,80,83)/b16-14-,71-67+. The van der Waals surface area contributed by atoms with Crippen molar-refractivity contribution in [3.63, 3.8) is 0 Å². The fraction of sp³-hybridized carbons (Fsp3) is 0.924. The number of hydrogen-bond acceptors (Lipinski definition) is 5. The normalized spacial score (nSPS) is 12.6. The van der Waals surface area contributed by atoms with Gasteiger partial charge in [0.2, 0.25) is 5.91 Å². The van der Waals surface area contributed by atoms with Crippen molar-refractivity contribution in [3.05, 3.63) is 24.3 Å². The summed E-state index contributed by atoms with van der Waals surface area (Å²) < 4.78 is 5.49. The molecule has 2 unspecified atom stereocenters. The fourth-order valence-electron chi connectivity index (χ4n) is 12.5. The predicted molar refractivity (Wildman–Crippen MR) is 375 cm³/mol. The van der Waals surface area contributed by atoms with Crippen molar-refractivity contribution in [2.75, 3.05) is 13.2 Å². The van der Waals surface area contributed by atoms with Gasteiger partial charge in [0.15, 0.2) is 0 Å². The lowest BCUT2D eigenvalue weighted by atomic mass is 10.0. The Bertz CT molecular complexity index is 1330. The third-order valence-electron chi connectivity index (χ3n) is 18.5. The minimum Gasteiger partial charge on any atom is -0.466 e. The molecule has 3 N–H and O–H groups in total. The number of carbonyl (C=O) groups excluding carboxylic acids is 2. The van der Waals surface area contributed by atoms with Gasteiger partial charge < -0.3 is 20.3 Å². The van der Waals surface area contributed by atoms with Crippen LogP contribution >= 0.6 is 0 Å². The van der Waals surface area contributed by atoms with Gasteiger partial charge in [0.1, 0.15) is 0 Å². The molecule has 85 heavy (non-hydrogen) atoms. The molecule has 0 aliphatic heterocycles. The summed E-state index contributed by atoms with van der Waals surface area (Å²) in [7, 11) is 0. The zero-order chi connectivity index (χ0) is 61.3. The molecule has 1 amide bonds. The summed E-state index contributed by atoms with van der Waals surface area (Å²) in [5.74, 6) is -0.0465. The SMILES string of the molecule is CCCCCC/C=C\CCCCCCCC(=O)OCCCCCCCCCCCCCCCCCCCCCCCCCCCCCCCCCC(=O)NC(CO)C(O)/C=C/CCCCCCCCCCCCCCCCCCCCCCCC. The highest BCUT2D eigenvalue weighted by molar-refractivity contribution is 5.76. The van der Waals surface area contributed by atoms with Crippen LogP contribution in [0.4, 0.5) is 0 Å². The second kappa shape index (κ2) is 74.8. The number of hydrogen-bond donors (Lipinski definition) is 3. The van der Waals surface area contributed by atoms with E-state index in [1.54, 1.807) is 6.08 Å². The number of carbonyl (C=O) groups is 2. The summed E-state index contributed by atoms with van der Waals surface area (Å²) in [6.07, 6.45) is 95.8. The lowest BCUT2D eigenvalue weighted by Crippen LogP contribution is -2.45. The lowest BCUT2D eigenvalue weighted by Gasteiger charge is -2.20. The van der Waals surface area contributed by atoms with E-state index in [9.17, 15) is 19.8 Å². The van der Waals surface area contributed by atoms with Gasteiger partial charge in [-0.15, -0.1) is 0 Å². The Morgan fingerprint density at radius 1 is 0.318 bits per heavy atom. The number of aliphatic hydroxyl groups excluding tert-OH is 2. The molecule has 6 nitrogen and oxygen atoms in total. The van der Waals surface area contributed by atoms with Crippen LogP contribution in [0, 0.1) is 0 Å². The number of allylic oxidation sites excluding steroid dienone is 3. The van der Waals surface area contributed by atoms with Gasteiger partial charge in [0.05, 0.1) is 25.4 Å². The summed E-state index contributed by atoms with van der Waals surface area (Å²) in [4.78, 5) is 24.6. The molecule has 0 aromatic heterocycles. The molecule has 6 heteroatoms. The van der Waals surface area contributed by atoms with E-state index in [0.29, 0.717) is 19.4 Å². The van der Waals surface area contributed by atoms with Gasteiger partial charge in [-0.3, -0.25) is 9.59 Å². The summed E-state index contributed by atoms with van der Waals surface area (Å²) in [6.45, 7) is 4.94. The molecule has 0 rings (SSSR count). The van der Waals surface area contributed by atoms with E-state index in [0.717, 1.165) is 44.9 Å². The number of ether oxygens (including phenoxy) is 1. The van der Waals surface area contributed by atoms with Crippen LogP contribution in [0.25, 0.3) is 0 Å². The van der Waals surface area contributed by atoms with E-state index in [-0.39, 0.29) is 18.5 Å². The first-order valence-electron chi connectivity index (χ1n) is 39.1. The smallest absolute Gasteiger partial charge is 0.305 e. The van der Waals surface area contributed by atoms with E-state index in [4.69, 9.17) is 4.74 Å². The van der Waals surface area contributed by atoms with Crippen LogP contribution in [-0.4, -0.2) is 47.4 Å². The van der Waals surface area contributed by atoms with Gasteiger partial charge in [0, 0.05) is 12.8 Å². The van der Waals surface area contributed by atoms with E-state index < -0.39 is 12.1 Å². The zero-order valence-corrected chi connectivity index (χ0v) is 57.9. The maximum absolute atomic E-state index is 12.6. The van der Waals surface area contributed by atoms with Crippen molar-refractivity contribution in [2.45, 2.75) is 456 Å². The van der Waals surface area contributed by atoms with Gasteiger partial charge >= 0.3 is 5.97 Å². The van der Waals surface area contributed by atoms with Gasteiger partial charge in [-0.25, -0.2) is 0 Å². The largest absolute Gasteiger partial charge is 0.466 e. The number of nitrogens with one attached hydrogen (secondary N) is 1. The quantitative estimate of drug-likeness (QED) is 0.0320. The first-order valence-corrected chi connectivity index (χ1v) is 39.1. The van der Waals surface area contributed by atoms with Gasteiger partial charge in [-0.05, 0) is 57.8 Å². The van der Waals surface area contributed by atoms with Crippen molar-refractivity contribution >= 4 is 11.9 Å². The van der Waals surface area contributed by atoms with Crippen LogP contribution in [0.2, 0.25) is 0 Å². The molecule has 0 bridgehead atoms. The number of amides is 1. The van der Waals surface area contributed by atoms with Crippen molar-refractivity contribution in [1.82, 2.24) is 5.32 Å². The highest BCUT2D eigenvalue weighted by atomic mass is 16.5. The Balaban J connectivity index is 3.36. The van der Waals surface area contributed by atoms with Crippen LogP contribution < -0.4 is 5.32 Å². The second-order valence-corrected chi connectivity index (χ2v) is 27.0. The van der Waals surface area contributed by atoms with E-state index >= 15 is 0 Å². The lowest BCUT2D eigenvalue weighted by molar-refractivity contribution is -0.143. The molecule has 0 spiro atoms. The molecule has 0 aliphatic rings. The fourth-order valence-corrected chi connectivity index (χ4v) is 12.5. The van der Waals surface area contributed by atoms with Gasteiger partial charge in [0.25, 0.3) is 0 Å². The molecular formula is C79H153NO5. The Labute approximate surface area is 532 Å². The molecule has 0 fully saturated rings. The van der Waals surface area contributed by atoms with Crippen molar-refractivity contribution < 1.29 is 24.5 Å². The highest BCUT2D eigenvalue weighted by Gasteiger charge is 2.18. The molecule has 0 radical (unpaired) electrons. The predicted octanol–water partition coefficient (Wildman–Crippen LogP) is 25.7. The van der Waals surface area contributed by atoms with Crippen LogP contribution in [-0.2, 0) is 14.3 Å². The number of esters is 1. The molecule has 0 aromatic rings. The summed E-state index contributed by atoms with van der Waals surface area (Å²) >= 11 is 0. The topological polar surface area (TPSA) is 95.9 Å². The van der Waals surface area contributed by atoms with Gasteiger partial charge in [-0.1, -0.05) is 398 Å². The highest BCUT2D eigenvalue weighted by Crippen LogP contribution is 2.20. The van der Waals surface area contributed by atoms with Crippen molar-refractivity contribution in [1.29, 1.82) is 0 Å². The van der Waals surface area contributed by atoms with Crippen LogP contribution in [0.15, 0.2) is 24.3 Å². The van der Waals surface area contributed by atoms with Crippen LogP contribution in [0.1, 0.15) is 444 Å². The molecule has 0 saturated heterocycles. The Kier molecular flexibility index (Phi) is 73.3. The molecular weight excluding hydrogens is 1040 g/mol. The summed E-state index contributed by atoms with van der Waals surface area (Å²) in [5.41, 5.74) is 0. The summed E-state index contributed by atoms with van der Waals surface area (Å²) in [5, 5.41) is 23.3. The number of aliphatic hydroxyl groups is 2. The zero-order valence-electron chi connectivity index (χ0n) is 57.9. The molecule has 0 aliphatic carbocycles. The van der Waals surface area contributed by atoms with E-state index in [2.05, 4.69) is 31.3 Å². The number of rotatable bonds is 74. The van der Waals surface area contributed by atoms with Gasteiger partial charge in [-0.2, -0.15) is 0 Å². The first-order chi connectivity index (χ1) is 42.0. The Morgan fingerprint density at radius 2 is 0.553 bits per heavy atom. The average molecular weight is 1200 g/mol.